The van der Waals surface area contributed by atoms with Crippen molar-refractivity contribution in [3.05, 3.63) is 0 Å². The number of hydrogen-bond donors (Lipinski definition) is 0. The quantitative estimate of drug-likeness (QED) is 0.730. The Balaban J connectivity index is 2.57. The van der Waals surface area contributed by atoms with Crippen molar-refractivity contribution < 1.29 is 4.79 Å². The lowest BCUT2D eigenvalue weighted by atomic mass is 10.1. The van der Waals surface area contributed by atoms with Crippen LogP contribution in [0.2, 0.25) is 0 Å². The summed E-state index contributed by atoms with van der Waals surface area (Å²) in [5, 5.41) is 0. The molecule has 1 atom stereocenters. The van der Waals surface area contributed by atoms with Gasteiger partial charge in [-0.2, -0.15) is 0 Å². The molecule has 0 saturated carbocycles. The number of nitrogens with zero attached hydrogens (tertiary/aromatic N) is 3. The molecule has 1 heterocycles. The monoisotopic (exact) mass is 227 g/mol. The van der Waals surface area contributed by atoms with Gasteiger partial charge in [-0.15, -0.1) is 0 Å². The second kappa shape index (κ2) is 6.09. The van der Waals surface area contributed by atoms with E-state index in [0.717, 1.165) is 39.1 Å². The third kappa shape index (κ3) is 2.88. The van der Waals surface area contributed by atoms with Crippen molar-refractivity contribution in [1.82, 2.24) is 14.7 Å². The summed E-state index contributed by atoms with van der Waals surface area (Å²) in [5.74, 6) is 0. The van der Waals surface area contributed by atoms with Crippen LogP contribution < -0.4 is 0 Å². The average Bonchev–Trinajstić information content (AvgIpc) is 2.31. The highest BCUT2D eigenvalue weighted by Gasteiger charge is 2.27. The smallest absolute Gasteiger partial charge is 0.320 e. The summed E-state index contributed by atoms with van der Waals surface area (Å²) in [6.07, 6.45) is 1.11. The maximum absolute atomic E-state index is 12.2. The Morgan fingerprint density at radius 1 is 1.25 bits per heavy atom. The van der Waals surface area contributed by atoms with Crippen molar-refractivity contribution in [3.8, 4) is 0 Å². The fourth-order valence-electron chi connectivity index (χ4n) is 2.25. The van der Waals surface area contributed by atoms with Gasteiger partial charge in [-0.05, 0) is 27.3 Å². The van der Waals surface area contributed by atoms with Gasteiger partial charge < -0.3 is 9.80 Å². The SMILES string of the molecule is CCC1CN(C(=O)N(CC)CC)CCN1C. The highest BCUT2D eigenvalue weighted by Crippen LogP contribution is 2.12. The largest absolute Gasteiger partial charge is 0.325 e. The molecule has 16 heavy (non-hydrogen) atoms. The minimum absolute atomic E-state index is 0.205. The van der Waals surface area contributed by atoms with E-state index in [-0.39, 0.29) is 6.03 Å². The molecule has 0 radical (unpaired) electrons. The fourth-order valence-corrected chi connectivity index (χ4v) is 2.25. The van der Waals surface area contributed by atoms with Crippen molar-refractivity contribution in [3.63, 3.8) is 0 Å². The predicted molar refractivity (Wildman–Crippen MR) is 66.6 cm³/mol. The van der Waals surface area contributed by atoms with E-state index < -0.39 is 0 Å². The van der Waals surface area contributed by atoms with Crippen LogP contribution in [0.1, 0.15) is 27.2 Å². The lowest BCUT2D eigenvalue weighted by molar-refractivity contribution is 0.0898. The molecule has 0 spiro atoms. The van der Waals surface area contributed by atoms with Gasteiger partial charge in [0, 0.05) is 38.8 Å². The normalized spacial score (nSPS) is 22.2. The molecule has 1 rings (SSSR count). The minimum Gasteiger partial charge on any atom is -0.325 e. The van der Waals surface area contributed by atoms with Crippen LogP contribution in [-0.4, -0.2) is 66.5 Å². The topological polar surface area (TPSA) is 26.8 Å². The molecule has 1 aliphatic heterocycles. The second-order valence-electron chi connectivity index (χ2n) is 4.44. The Hall–Kier alpha value is -0.770. The molecule has 0 N–H and O–H groups in total. The molecule has 1 unspecified atom stereocenters. The number of urea groups is 1. The van der Waals surface area contributed by atoms with Crippen LogP contribution in [0.3, 0.4) is 0 Å². The molecular weight excluding hydrogens is 202 g/mol. The van der Waals surface area contributed by atoms with Gasteiger partial charge in [0.2, 0.25) is 0 Å². The molecule has 4 heteroatoms. The number of likely N-dealkylation sites (N-methyl/N-ethyl adjacent to an activating group) is 1. The van der Waals surface area contributed by atoms with E-state index in [0.29, 0.717) is 6.04 Å². The van der Waals surface area contributed by atoms with Gasteiger partial charge in [0.25, 0.3) is 0 Å². The van der Waals surface area contributed by atoms with E-state index in [4.69, 9.17) is 0 Å². The molecule has 0 aliphatic carbocycles. The third-order valence-corrected chi connectivity index (χ3v) is 3.55. The van der Waals surface area contributed by atoms with Crippen molar-refractivity contribution in [1.29, 1.82) is 0 Å². The predicted octanol–water partition coefficient (Wildman–Crippen LogP) is 1.47. The number of amides is 2. The van der Waals surface area contributed by atoms with E-state index in [1.165, 1.54) is 0 Å². The molecule has 0 aromatic heterocycles. The number of hydrogen-bond acceptors (Lipinski definition) is 2. The lowest BCUT2D eigenvalue weighted by Crippen LogP contribution is -2.56. The fraction of sp³-hybridized carbons (Fsp3) is 0.917. The van der Waals surface area contributed by atoms with Crippen LogP contribution in [-0.2, 0) is 0 Å². The molecule has 1 fully saturated rings. The van der Waals surface area contributed by atoms with Crippen LogP contribution in [0.25, 0.3) is 0 Å². The van der Waals surface area contributed by atoms with E-state index >= 15 is 0 Å². The van der Waals surface area contributed by atoms with Gasteiger partial charge in [-0.25, -0.2) is 4.79 Å². The van der Waals surface area contributed by atoms with Crippen molar-refractivity contribution in [2.24, 2.45) is 0 Å². The summed E-state index contributed by atoms with van der Waals surface area (Å²) >= 11 is 0. The molecule has 0 bridgehead atoms. The summed E-state index contributed by atoms with van der Waals surface area (Å²) in [4.78, 5) is 18.4. The van der Waals surface area contributed by atoms with Crippen molar-refractivity contribution in [2.45, 2.75) is 33.2 Å². The Morgan fingerprint density at radius 3 is 2.38 bits per heavy atom. The Kier molecular flexibility index (Phi) is 5.06. The zero-order chi connectivity index (χ0) is 12.1. The molecular formula is C12H25N3O. The van der Waals surface area contributed by atoms with Crippen LogP contribution >= 0.6 is 0 Å². The first-order valence-corrected chi connectivity index (χ1v) is 6.38. The molecule has 4 nitrogen and oxygen atoms in total. The molecule has 1 aliphatic rings. The maximum atomic E-state index is 12.2. The summed E-state index contributed by atoms with van der Waals surface area (Å²) in [6.45, 7) is 10.6. The zero-order valence-electron chi connectivity index (χ0n) is 11.1. The van der Waals surface area contributed by atoms with Crippen molar-refractivity contribution >= 4 is 6.03 Å². The Morgan fingerprint density at radius 2 is 1.88 bits per heavy atom. The van der Waals surface area contributed by atoms with E-state index in [1.807, 2.05) is 23.6 Å². The zero-order valence-corrected chi connectivity index (χ0v) is 11.1. The molecule has 94 valence electrons. The number of rotatable bonds is 3. The minimum atomic E-state index is 0.205. The summed E-state index contributed by atoms with van der Waals surface area (Å²) in [6, 6.07) is 0.727. The van der Waals surface area contributed by atoms with Gasteiger partial charge in [0.15, 0.2) is 0 Å². The second-order valence-corrected chi connectivity index (χ2v) is 4.44. The molecule has 2 amide bonds. The standard InChI is InChI=1S/C12H25N3O/c1-5-11-10-15(9-8-13(11)4)12(16)14(6-2)7-3/h11H,5-10H2,1-4H3. The number of carbonyl (C=O) groups excluding carboxylic acids is 1. The Labute approximate surface area is 99.2 Å². The highest BCUT2D eigenvalue weighted by atomic mass is 16.2. The van der Waals surface area contributed by atoms with Gasteiger partial charge in [-0.3, -0.25) is 4.90 Å². The molecule has 0 aromatic carbocycles. The molecule has 0 aromatic rings. The number of carbonyl (C=O) groups is 1. The van der Waals surface area contributed by atoms with Gasteiger partial charge in [0.05, 0.1) is 0 Å². The first kappa shape index (κ1) is 13.3. The van der Waals surface area contributed by atoms with Crippen LogP contribution in [0.5, 0.6) is 0 Å². The third-order valence-electron chi connectivity index (χ3n) is 3.55. The first-order valence-electron chi connectivity index (χ1n) is 6.38. The van der Waals surface area contributed by atoms with E-state index in [1.54, 1.807) is 0 Å². The summed E-state index contributed by atoms with van der Waals surface area (Å²) in [7, 11) is 2.15. The maximum Gasteiger partial charge on any atom is 0.320 e. The summed E-state index contributed by atoms with van der Waals surface area (Å²) in [5.41, 5.74) is 0. The molecule has 1 saturated heterocycles. The summed E-state index contributed by atoms with van der Waals surface area (Å²) < 4.78 is 0. The van der Waals surface area contributed by atoms with E-state index in [9.17, 15) is 4.79 Å². The van der Waals surface area contributed by atoms with Gasteiger partial charge in [0.1, 0.15) is 0 Å². The van der Waals surface area contributed by atoms with Gasteiger partial charge in [-0.1, -0.05) is 6.92 Å². The highest BCUT2D eigenvalue weighted by molar-refractivity contribution is 5.74. The van der Waals surface area contributed by atoms with Crippen LogP contribution in [0, 0.1) is 0 Å². The number of piperazine rings is 1. The van der Waals surface area contributed by atoms with Gasteiger partial charge >= 0.3 is 6.03 Å². The Bertz CT molecular complexity index is 228. The lowest BCUT2D eigenvalue weighted by Gasteiger charge is -2.40. The van der Waals surface area contributed by atoms with E-state index in [2.05, 4.69) is 18.9 Å². The first-order chi connectivity index (χ1) is 7.63. The van der Waals surface area contributed by atoms with Crippen LogP contribution in [0.15, 0.2) is 0 Å². The average molecular weight is 227 g/mol. The van der Waals surface area contributed by atoms with Crippen LogP contribution in [0.4, 0.5) is 4.79 Å². The van der Waals surface area contributed by atoms with Crippen molar-refractivity contribution in [2.75, 3.05) is 39.8 Å².